The van der Waals surface area contributed by atoms with E-state index >= 15 is 0 Å². The van der Waals surface area contributed by atoms with Crippen molar-refractivity contribution in [3.63, 3.8) is 0 Å². The summed E-state index contributed by atoms with van der Waals surface area (Å²) in [7, 11) is 0. The Bertz CT molecular complexity index is 852. The molecule has 0 spiro atoms. The number of Topliss-reactive ketones (excluding diaryl/α,β-unsaturated/α-hetero) is 1. The second-order valence-electron chi connectivity index (χ2n) is 6.27. The van der Waals surface area contributed by atoms with Crippen molar-refractivity contribution < 1.29 is 14.3 Å². The minimum Gasteiger partial charge on any atom is -0.371 e. The third kappa shape index (κ3) is 5.26. The van der Waals surface area contributed by atoms with Crippen LogP contribution in [0.4, 0.5) is 0 Å². The number of primary amides is 1. The van der Waals surface area contributed by atoms with E-state index in [1.54, 1.807) is 19.1 Å². The molecule has 2 aromatic rings. The molecule has 144 valence electrons. The zero-order chi connectivity index (χ0) is 18.7. The Morgan fingerprint density at radius 2 is 2.11 bits per heavy atom. The molecule has 0 saturated carbocycles. The second-order valence-corrected chi connectivity index (χ2v) is 6.67. The lowest BCUT2D eigenvalue weighted by Gasteiger charge is -2.24. The van der Waals surface area contributed by atoms with Gasteiger partial charge in [0.2, 0.25) is 0 Å². The summed E-state index contributed by atoms with van der Waals surface area (Å²) >= 11 is 6.39. The first kappa shape index (κ1) is 21.3. The molecule has 8 heteroatoms. The van der Waals surface area contributed by atoms with Crippen LogP contribution in [0.25, 0.3) is 0 Å². The Balaban J connectivity index is 0.00000261. The van der Waals surface area contributed by atoms with E-state index in [0.717, 1.165) is 17.7 Å². The zero-order valence-corrected chi connectivity index (χ0v) is 16.4. The number of pyridine rings is 1. The highest BCUT2D eigenvalue weighted by atomic mass is 35.5. The van der Waals surface area contributed by atoms with Crippen LogP contribution in [0.5, 0.6) is 0 Å². The van der Waals surface area contributed by atoms with Gasteiger partial charge < -0.3 is 15.8 Å². The number of nitrogens with one attached hydrogen (secondary N) is 1. The van der Waals surface area contributed by atoms with E-state index in [1.807, 2.05) is 12.1 Å². The van der Waals surface area contributed by atoms with Gasteiger partial charge in [0, 0.05) is 41.4 Å². The lowest BCUT2D eigenvalue weighted by Crippen LogP contribution is -2.33. The Morgan fingerprint density at radius 3 is 2.74 bits per heavy atom. The summed E-state index contributed by atoms with van der Waals surface area (Å²) in [5, 5.41) is 3.84. The number of hydrogen-bond acceptors (Lipinski definition) is 5. The standard InChI is InChI=1S/C19H20ClN3O3.ClH/c1-11-6-13(9-16(23-11)19(21)25)17(24)8-12-2-3-14(15(20)7-12)18-10-22-4-5-26-18;/h2-3,6-7,9,18,22H,4-5,8,10H2,1H3,(H2,21,25);1H/t18-;/m1./s1. The van der Waals surface area contributed by atoms with E-state index in [1.165, 1.54) is 6.07 Å². The van der Waals surface area contributed by atoms with E-state index in [4.69, 9.17) is 22.1 Å². The number of morpholine rings is 1. The molecule has 1 aliphatic heterocycles. The lowest BCUT2D eigenvalue weighted by atomic mass is 9.99. The molecule has 1 atom stereocenters. The summed E-state index contributed by atoms with van der Waals surface area (Å²) < 4.78 is 5.72. The number of nitrogens with two attached hydrogens (primary N) is 1. The fourth-order valence-electron chi connectivity index (χ4n) is 2.95. The average molecular weight is 410 g/mol. The molecular formula is C19H21Cl2N3O3. The van der Waals surface area contributed by atoms with Crippen molar-refractivity contribution in [2.24, 2.45) is 5.73 Å². The van der Waals surface area contributed by atoms with Crippen LogP contribution in [0, 0.1) is 6.92 Å². The number of benzene rings is 1. The molecule has 1 fully saturated rings. The average Bonchev–Trinajstić information content (AvgIpc) is 2.62. The van der Waals surface area contributed by atoms with Crippen LogP contribution in [0.3, 0.4) is 0 Å². The number of aromatic nitrogens is 1. The van der Waals surface area contributed by atoms with Crippen LogP contribution in [-0.4, -0.2) is 36.4 Å². The largest absolute Gasteiger partial charge is 0.371 e. The Hall–Kier alpha value is -1.99. The lowest BCUT2D eigenvalue weighted by molar-refractivity contribution is 0.0277. The molecule has 2 heterocycles. The maximum Gasteiger partial charge on any atom is 0.267 e. The Labute approximate surface area is 168 Å². The number of carbonyl (C=O) groups is 2. The number of rotatable bonds is 5. The molecule has 1 amide bonds. The van der Waals surface area contributed by atoms with Gasteiger partial charge in [0.05, 0.1) is 12.7 Å². The predicted octanol–water partition coefficient (Wildman–Crippen LogP) is 2.65. The highest BCUT2D eigenvalue weighted by Crippen LogP contribution is 2.28. The second kappa shape index (κ2) is 9.28. The molecule has 1 aliphatic rings. The van der Waals surface area contributed by atoms with Crippen LogP contribution in [-0.2, 0) is 11.2 Å². The first-order chi connectivity index (χ1) is 12.4. The molecule has 6 nitrogen and oxygen atoms in total. The van der Waals surface area contributed by atoms with Crippen molar-refractivity contribution in [3.05, 3.63) is 63.4 Å². The smallest absolute Gasteiger partial charge is 0.267 e. The first-order valence-electron chi connectivity index (χ1n) is 8.36. The summed E-state index contributed by atoms with van der Waals surface area (Å²) in [6, 6.07) is 8.63. The number of amides is 1. The predicted molar refractivity (Wildman–Crippen MR) is 106 cm³/mol. The number of carbonyl (C=O) groups excluding carboxylic acids is 2. The molecule has 0 bridgehead atoms. The van der Waals surface area contributed by atoms with Crippen LogP contribution < -0.4 is 11.1 Å². The number of ether oxygens (including phenoxy) is 1. The normalized spacial score (nSPS) is 16.4. The van der Waals surface area contributed by atoms with Gasteiger partial charge in [0.15, 0.2) is 5.78 Å². The molecule has 3 N–H and O–H groups in total. The van der Waals surface area contributed by atoms with E-state index in [9.17, 15) is 9.59 Å². The summed E-state index contributed by atoms with van der Waals surface area (Å²) in [4.78, 5) is 27.9. The fraction of sp³-hybridized carbons (Fsp3) is 0.316. The summed E-state index contributed by atoms with van der Waals surface area (Å²) in [5.74, 6) is -0.784. The number of halogens is 2. The molecule has 1 aromatic carbocycles. The topological polar surface area (TPSA) is 94.3 Å². The Kier molecular flexibility index (Phi) is 7.33. The number of nitrogens with zero attached hydrogens (tertiary/aromatic N) is 1. The third-order valence-electron chi connectivity index (χ3n) is 4.23. The first-order valence-corrected chi connectivity index (χ1v) is 8.74. The van der Waals surface area contributed by atoms with Crippen LogP contribution in [0.2, 0.25) is 5.02 Å². The van der Waals surface area contributed by atoms with Crippen molar-refractivity contribution in [2.45, 2.75) is 19.4 Å². The van der Waals surface area contributed by atoms with Crippen molar-refractivity contribution in [3.8, 4) is 0 Å². The van der Waals surface area contributed by atoms with Gasteiger partial charge in [0.1, 0.15) is 5.69 Å². The highest BCUT2D eigenvalue weighted by molar-refractivity contribution is 6.31. The number of aryl methyl sites for hydroxylation is 1. The molecule has 0 aliphatic carbocycles. The van der Waals surface area contributed by atoms with Gasteiger partial charge in [-0.05, 0) is 30.7 Å². The van der Waals surface area contributed by atoms with Crippen molar-refractivity contribution in [2.75, 3.05) is 19.7 Å². The van der Waals surface area contributed by atoms with Gasteiger partial charge in [-0.3, -0.25) is 9.59 Å². The number of hydrogen-bond donors (Lipinski definition) is 2. The molecule has 3 rings (SSSR count). The van der Waals surface area contributed by atoms with E-state index in [0.29, 0.717) is 29.4 Å². The van der Waals surface area contributed by atoms with Crippen molar-refractivity contribution in [1.82, 2.24) is 10.3 Å². The molecule has 1 aromatic heterocycles. The van der Waals surface area contributed by atoms with Gasteiger partial charge in [-0.1, -0.05) is 23.7 Å². The van der Waals surface area contributed by atoms with Crippen molar-refractivity contribution >= 4 is 35.7 Å². The van der Waals surface area contributed by atoms with Crippen molar-refractivity contribution in [1.29, 1.82) is 0 Å². The van der Waals surface area contributed by atoms with Gasteiger partial charge in [-0.2, -0.15) is 0 Å². The summed E-state index contributed by atoms with van der Waals surface area (Å²) in [5.41, 5.74) is 8.03. The molecule has 27 heavy (non-hydrogen) atoms. The van der Waals surface area contributed by atoms with E-state index in [-0.39, 0.29) is 36.4 Å². The molecular weight excluding hydrogens is 389 g/mol. The molecule has 0 unspecified atom stereocenters. The third-order valence-corrected chi connectivity index (χ3v) is 4.56. The van der Waals surface area contributed by atoms with E-state index in [2.05, 4.69) is 10.3 Å². The SMILES string of the molecule is Cc1cc(C(=O)Cc2ccc([C@H]3CNCCO3)c(Cl)c2)cc(C(N)=O)n1.Cl. The van der Waals surface area contributed by atoms with E-state index < -0.39 is 5.91 Å². The van der Waals surface area contributed by atoms with Gasteiger partial charge >= 0.3 is 0 Å². The number of ketones is 1. The van der Waals surface area contributed by atoms with Crippen LogP contribution in [0.15, 0.2) is 30.3 Å². The van der Waals surface area contributed by atoms with Crippen LogP contribution in [0.1, 0.15) is 43.8 Å². The van der Waals surface area contributed by atoms with Crippen LogP contribution >= 0.6 is 24.0 Å². The minimum atomic E-state index is -0.656. The maximum atomic E-state index is 12.6. The quantitative estimate of drug-likeness (QED) is 0.740. The summed E-state index contributed by atoms with van der Waals surface area (Å²) in [6.07, 6.45) is 0.0905. The maximum absolute atomic E-state index is 12.6. The zero-order valence-electron chi connectivity index (χ0n) is 14.8. The Morgan fingerprint density at radius 1 is 1.33 bits per heavy atom. The monoisotopic (exact) mass is 409 g/mol. The molecule has 0 radical (unpaired) electrons. The van der Waals surface area contributed by atoms with Gasteiger partial charge in [0.25, 0.3) is 5.91 Å². The highest BCUT2D eigenvalue weighted by Gasteiger charge is 2.19. The van der Waals surface area contributed by atoms with Gasteiger partial charge in [-0.15, -0.1) is 12.4 Å². The summed E-state index contributed by atoms with van der Waals surface area (Å²) in [6.45, 7) is 3.90. The fourth-order valence-corrected chi connectivity index (χ4v) is 3.27. The minimum absolute atomic E-state index is 0. The van der Waals surface area contributed by atoms with Gasteiger partial charge in [-0.25, -0.2) is 4.98 Å². The molecule has 1 saturated heterocycles.